The molecule has 0 radical (unpaired) electrons. The standard InChI is InChI=1S/C15H16N4O3/c1-2-19(15(16)22)13-8-12(11(9-17-13)14(20)21)18-10-6-4-3-5-7-10/h3-9H,2H2,1H3,(H2,16,22)(H,17,18)(H,20,21). The average molecular weight is 300 g/mol. The van der Waals surface area contributed by atoms with E-state index in [2.05, 4.69) is 10.3 Å². The summed E-state index contributed by atoms with van der Waals surface area (Å²) in [5, 5.41) is 12.3. The Morgan fingerprint density at radius 3 is 2.55 bits per heavy atom. The summed E-state index contributed by atoms with van der Waals surface area (Å²) in [5.41, 5.74) is 6.36. The Bertz CT molecular complexity index is 688. The minimum atomic E-state index is -1.11. The van der Waals surface area contributed by atoms with Gasteiger partial charge in [0.1, 0.15) is 11.4 Å². The molecule has 7 nitrogen and oxygen atoms in total. The second kappa shape index (κ2) is 6.57. The summed E-state index contributed by atoms with van der Waals surface area (Å²) in [6, 6.07) is 9.95. The lowest BCUT2D eigenvalue weighted by Crippen LogP contribution is -2.36. The predicted octanol–water partition coefficient (Wildman–Crippen LogP) is 2.43. The lowest BCUT2D eigenvalue weighted by molar-refractivity contribution is 0.0697. The third-order valence-corrected chi connectivity index (χ3v) is 3.03. The van der Waals surface area contributed by atoms with Gasteiger partial charge in [-0.15, -0.1) is 0 Å². The number of nitrogens with two attached hydrogens (primary N) is 1. The van der Waals surface area contributed by atoms with Gasteiger partial charge in [0.15, 0.2) is 0 Å². The molecule has 22 heavy (non-hydrogen) atoms. The quantitative estimate of drug-likeness (QED) is 0.785. The third kappa shape index (κ3) is 3.32. The highest BCUT2D eigenvalue weighted by molar-refractivity contribution is 5.97. The van der Waals surface area contributed by atoms with Gasteiger partial charge in [-0.2, -0.15) is 0 Å². The van der Waals surface area contributed by atoms with Crippen LogP contribution in [0.2, 0.25) is 0 Å². The zero-order valence-corrected chi connectivity index (χ0v) is 12.0. The van der Waals surface area contributed by atoms with E-state index < -0.39 is 12.0 Å². The van der Waals surface area contributed by atoms with Crippen LogP contribution < -0.4 is 16.0 Å². The molecule has 114 valence electrons. The van der Waals surface area contributed by atoms with Gasteiger partial charge in [-0.1, -0.05) is 18.2 Å². The first-order chi connectivity index (χ1) is 10.5. The molecular weight excluding hydrogens is 284 g/mol. The molecule has 0 aliphatic rings. The molecule has 0 aliphatic carbocycles. The molecule has 1 aromatic heterocycles. The Hall–Kier alpha value is -3.09. The molecule has 0 aliphatic heterocycles. The van der Waals surface area contributed by atoms with Crippen LogP contribution >= 0.6 is 0 Å². The van der Waals surface area contributed by atoms with E-state index in [1.165, 1.54) is 17.2 Å². The van der Waals surface area contributed by atoms with E-state index >= 15 is 0 Å². The van der Waals surface area contributed by atoms with Gasteiger partial charge in [-0.3, -0.25) is 4.90 Å². The SMILES string of the molecule is CCN(C(N)=O)c1cc(Nc2ccccc2)c(C(=O)O)cn1. The molecule has 2 rings (SSSR count). The first-order valence-corrected chi connectivity index (χ1v) is 6.65. The molecule has 0 atom stereocenters. The number of amides is 2. The fourth-order valence-corrected chi connectivity index (χ4v) is 1.97. The molecule has 0 saturated carbocycles. The first-order valence-electron chi connectivity index (χ1n) is 6.65. The number of pyridine rings is 1. The van der Waals surface area contributed by atoms with E-state index in [1.807, 2.05) is 18.2 Å². The van der Waals surface area contributed by atoms with Crippen molar-refractivity contribution in [2.75, 3.05) is 16.8 Å². The predicted molar refractivity (Wildman–Crippen MR) is 83.5 cm³/mol. The highest BCUT2D eigenvalue weighted by atomic mass is 16.4. The monoisotopic (exact) mass is 300 g/mol. The summed E-state index contributed by atoms with van der Waals surface area (Å²) in [5.74, 6) is -0.821. The van der Waals surface area contributed by atoms with Crippen LogP contribution in [-0.2, 0) is 0 Å². The molecule has 1 aromatic carbocycles. The van der Waals surface area contributed by atoms with Crippen molar-refractivity contribution in [2.24, 2.45) is 5.73 Å². The lowest BCUT2D eigenvalue weighted by atomic mass is 10.2. The molecule has 2 amide bonds. The molecule has 1 heterocycles. The zero-order valence-electron chi connectivity index (χ0n) is 12.0. The fourth-order valence-electron chi connectivity index (χ4n) is 1.97. The summed E-state index contributed by atoms with van der Waals surface area (Å²) in [6.45, 7) is 2.08. The molecule has 0 saturated heterocycles. The van der Waals surface area contributed by atoms with E-state index in [1.54, 1.807) is 19.1 Å². The van der Waals surface area contributed by atoms with Crippen LogP contribution in [0.15, 0.2) is 42.6 Å². The van der Waals surface area contributed by atoms with Crippen molar-refractivity contribution in [3.63, 3.8) is 0 Å². The van der Waals surface area contributed by atoms with Crippen LogP contribution in [0.1, 0.15) is 17.3 Å². The number of primary amides is 1. The Kier molecular flexibility index (Phi) is 4.57. The van der Waals surface area contributed by atoms with Crippen molar-refractivity contribution in [2.45, 2.75) is 6.92 Å². The van der Waals surface area contributed by atoms with Crippen LogP contribution in [0.3, 0.4) is 0 Å². The maximum Gasteiger partial charge on any atom is 0.339 e. The lowest BCUT2D eigenvalue weighted by Gasteiger charge is -2.19. The van der Waals surface area contributed by atoms with Crippen LogP contribution in [-0.4, -0.2) is 28.6 Å². The number of rotatable bonds is 5. The molecule has 0 bridgehead atoms. The fraction of sp³-hybridized carbons (Fsp3) is 0.133. The second-order valence-corrected chi connectivity index (χ2v) is 4.47. The maximum absolute atomic E-state index is 11.4. The molecular formula is C15H16N4O3. The molecule has 7 heteroatoms. The molecule has 4 N–H and O–H groups in total. The normalized spacial score (nSPS) is 10.0. The Balaban J connectivity index is 2.44. The number of carbonyl (C=O) groups is 2. The largest absolute Gasteiger partial charge is 0.478 e. The molecule has 2 aromatic rings. The van der Waals surface area contributed by atoms with E-state index in [-0.39, 0.29) is 5.56 Å². The van der Waals surface area contributed by atoms with Gasteiger partial charge in [0, 0.05) is 24.5 Å². The average Bonchev–Trinajstić information content (AvgIpc) is 2.48. The van der Waals surface area contributed by atoms with Crippen molar-refractivity contribution >= 4 is 29.2 Å². The Labute approximate surface area is 127 Å². The summed E-state index contributed by atoms with van der Waals surface area (Å²) in [4.78, 5) is 28.0. The second-order valence-electron chi connectivity index (χ2n) is 4.47. The summed E-state index contributed by atoms with van der Waals surface area (Å²) in [6.07, 6.45) is 1.20. The topological polar surface area (TPSA) is 109 Å². The number of aromatic nitrogens is 1. The molecule has 0 spiro atoms. The maximum atomic E-state index is 11.4. The number of nitrogens with zero attached hydrogens (tertiary/aromatic N) is 2. The zero-order chi connectivity index (χ0) is 16.1. The van der Waals surface area contributed by atoms with Gasteiger partial charge in [0.05, 0.1) is 5.69 Å². The third-order valence-electron chi connectivity index (χ3n) is 3.03. The minimum absolute atomic E-state index is 0.00752. The number of hydrogen-bond donors (Lipinski definition) is 3. The first kappa shape index (κ1) is 15.3. The summed E-state index contributed by atoms with van der Waals surface area (Å²) in [7, 11) is 0. The number of anilines is 3. The summed E-state index contributed by atoms with van der Waals surface area (Å²) < 4.78 is 0. The van der Waals surface area contributed by atoms with Crippen LogP contribution in [0, 0.1) is 0 Å². The van der Waals surface area contributed by atoms with E-state index in [0.717, 1.165) is 5.69 Å². The van der Waals surface area contributed by atoms with Gasteiger partial charge in [-0.05, 0) is 19.1 Å². The van der Waals surface area contributed by atoms with Crippen molar-refractivity contribution in [1.29, 1.82) is 0 Å². The highest BCUT2D eigenvalue weighted by Crippen LogP contribution is 2.25. The van der Waals surface area contributed by atoms with E-state index in [0.29, 0.717) is 18.1 Å². The van der Waals surface area contributed by atoms with Crippen molar-refractivity contribution in [3.8, 4) is 0 Å². The van der Waals surface area contributed by atoms with Gasteiger partial charge in [-0.25, -0.2) is 14.6 Å². The number of aromatic carboxylic acids is 1. The number of carboxylic acids is 1. The smallest absolute Gasteiger partial charge is 0.339 e. The van der Waals surface area contributed by atoms with E-state index in [4.69, 9.17) is 5.73 Å². The number of benzene rings is 1. The minimum Gasteiger partial charge on any atom is -0.478 e. The van der Waals surface area contributed by atoms with Crippen LogP contribution in [0.4, 0.5) is 22.0 Å². The number of hydrogen-bond acceptors (Lipinski definition) is 4. The van der Waals surface area contributed by atoms with Crippen LogP contribution in [0.5, 0.6) is 0 Å². The van der Waals surface area contributed by atoms with Crippen LogP contribution in [0.25, 0.3) is 0 Å². The van der Waals surface area contributed by atoms with E-state index in [9.17, 15) is 14.7 Å². The van der Waals surface area contributed by atoms with Gasteiger partial charge in [0.2, 0.25) is 0 Å². The van der Waals surface area contributed by atoms with Gasteiger partial charge >= 0.3 is 12.0 Å². The van der Waals surface area contributed by atoms with Crippen molar-refractivity contribution < 1.29 is 14.7 Å². The summed E-state index contributed by atoms with van der Waals surface area (Å²) >= 11 is 0. The molecule has 0 unspecified atom stereocenters. The van der Waals surface area contributed by atoms with Crippen molar-refractivity contribution in [3.05, 3.63) is 48.2 Å². The van der Waals surface area contributed by atoms with Crippen molar-refractivity contribution in [1.82, 2.24) is 4.98 Å². The van der Waals surface area contributed by atoms with Gasteiger partial charge < -0.3 is 16.2 Å². The Morgan fingerprint density at radius 1 is 1.32 bits per heavy atom. The number of para-hydroxylation sites is 1. The highest BCUT2D eigenvalue weighted by Gasteiger charge is 2.17. The molecule has 0 fully saturated rings. The number of urea groups is 1. The number of carboxylic acid groups (broad SMARTS) is 1. The number of carbonyl (C=O) groups excluding carboxylic acids is 1. The van der Waals surface area contributed by atoms with Gasteiger partial charge in [0.25, 0.3) is 0 Å². The number of nitrogens with one attached hydrogen (secondary N) is 1. The Morgan fingerprint density at radius 2 is 2.00 bits per heavy atom.